The SMILES string of the molecule is COc1ccccc1N1CCN([C@@H]2CCCN(Cc3ccc(NC(C)=O)cc3)C2)CC1. The summed E-state index contributed by atoms with van der Waals surface area (Å²) in [6.45, 7) is 9.08. The number of nitrogens with zero attached hydrogens (tertiary/aromatic N) is 3. The fourth-order valence-electron chi connectivity index (χ4n) is 4.85. The van der Waals surface area contributed by atoms with Gasteiger partial charge in [0.05, 0.1) is 12.8 Å². The minimum atomic E-state index is -0.0302. The highest BCUT2D eigenvalue weighted by Crippen LogP contribution is 2.29. The van der Waals surface area contributed by atoms with Gasteiger partial charge < -0.3 is 15.0 Å². The van der Waals surface area contributed by atoms with Crippen molar-refractivity contribution in [3.8, 4) is 5.75 Å². The summed E-state index contributed by atoms with van der Waals surface area (Å²) in [4.78, 5) is 18.9. The molecule has 0 aromatic heterocycles. The number of carbonyl (C=O) groups excluding carboxylic acids is 1. The molecular weight excluding hydrogens is 388 g/mol. The van der Waals surface area contributed by atoms with Crippen LogP contribution in [0.5, 0.6) is 5.75 Å². The Kier molecular flexibility index (Phi) is 7.10. The minimum Gasteiger partial charge on any atom is -0.495 e. The molecular formula is C25H34N4O2. The molecule has 2 aliphatic rings. The Labute approximate surface area is 185 Å². The number of methoxy groups -OCH3 is 1. The summed E-state index contributed by atoms with van der Waals surface area (Å²) in [5, 5.41) is 2.84. The van der Waals surface area contributed by atoms with Crippen LogP contribution in [0.25, 0.3) is 0 Å². The van der Waals surface area contributed by atoms with Crippen LogP contribution in [0.1, 0.15) is 25.3 Å². The molecule has 2 aromatic rings. The maximum Gasteiger partial charge on any atom is 0.221 e. The average molecular weight is 423 g/mol. The zero-order valence-corrected chi connectivity index (χ0v) is 18.7. The molecule has 2 aromatic carbocycles. The van der Waals surface area contributed by atoms with Gasteiger partial charge in [0.1, 0.15) is 5.75 Å². The number of piperazine rings is 1. The lowest BCUT2D eigenvalue weighted by atomic mass is 10.0. The van der Waals surface area contributed by atoms with Crippen LogP contribution in [0.3, 0.4) is 0 Å². The maximum absolute atomic E-state index is 11.2. The predicted molar refractivity (Wildman–Crippen MR) is 126 cm³/mol. The number of para-hydroxylation sites is 2. The normalized spacial score (nSPS) is 20.5. The summed E-state index contributed by atoms with van der Waals surface area (Å²) in [5.41, 5.74) is 3.37. The van der Waals surface area contributed by atoms with E-state index in [0.29, 0.717) is 6.04 Å². The number of rotatable bonds is 6. The first-order valence-electron chi connectivity index (χ1n) is 11.3. The van der Waals surface area contributed by atoms with Crippen molar-refractivity contribution in [2.24, 2.45) is 0 Å². The maximum atomic E-state index is 11.2. The highest BCUT2D eigenvalue weighted by molar-refractivity contribution is 5.88. The first-order chi connectivity index (χ1) is 15.1. The van der Waals surface area contributed by atoms with Gasteiger partial charge in [-0.3, -0.25) is 14.6 Å². The third kappa shape index (κ3) is 5.57. The molecule has 2 aliphatic heterocycles. The highest BCUT2D eigenvalue weighted by atomic mass is 16.5. The molecule has 2 saturated heterocycles. The monoisotopic (exact) mass is 422 g/mol. The summed E-state index contributed by atoms with van der Waals surface area (Å²) in [7, 11) is 1.75. The molecule has 0 aliphatic carbocycles. The van der Waals surface area contributed by atoms with E-state index >= 15 is 0 Å². The lowest BCUT2D eigenvalue weighted by Gasteiger charge is -2.44. The lowest BCUT2D eigenvalue weighted by Crippen LogP contribution is -2.55. The third-order valence-electron chi connectivity index (χ3n) is 6.42. The quantitative estimate of drug-likeness (QED) is 0.773. The van der Waals surface area contributed by atoms with Gasteiger partial charge in [-0.25, -0.2) is 0 Å². The number of benzene rings is 2. The molecule has 6 heteroatoms. The smallest absolute Gasteiger partial charge is 0.221 e. The van der Waals surface area contributed by atoms with Crippen LogP contribution < -0.4 is 15.0 Å². The van der Waals surface area contributed by atoms with Gasteiger partial charge in [0.2, 0.25) is 5.91 Å². The van der Waals surface area contributed by atoms with Crippen LogP contribution in [0.2, 0.25) is 0 Å². The number of anilines is 2. The molecule has 0 unspecified atom stereocenters. The van der Waals surface area contributed by atoms with Gasteiger partial charge in [-0.15, -0.1) is 0 Å². The van der Waals surface area contributed by atoms with Crippen molar-refractivity contribution < 1.29 is 9.53 Å². The van der Waals surface area contributed by atoms with E-state index in [-0.39, 0.29) is 5.91 Å². The van der Waals surface area contributed by atoms with Gasteiger partial charge in [0.25, 0.3) is 0 Å². The molecule has 0 bridgehead atoms. The van der Waals surface area contributed by atoms with Gasteiger partial charge in [0.15, 0.2) is 0 Å². The Morgan fingerprint density at radius 2 is 1.77 bits per heavy atom. The topological polar surface area (TPSA) is 48.1 Å². The number of likely N-dealkylation sites (tertiary alicyclic amines) is 1. The van der Waals surface area contributed by atoms with Gasteiger partial charge in [0, 0.05) is 57.9 Å². The van der Waals surface area contributed by atoms with E-state index in [4.69, 9.17) is 4.74 Å². The van der Waals surface area contributed by atoms with E-state index in [1.165, 1.54) is 31.0 Å². The van der Waals surface area contributed by atoms with Crippen LogP contribution in [0.15, 0.2) is 48.5 Å². The molecule has 2 heterocycles. The van der Waals surface area contributed by atoms with Crippen molar-refractivity contribution in [3.05, 3.63) is 54.1 Å². The van der Waals surface area contributed by atoms with Crippen molar-refractivity contribution in [1.82, 2.24) is 9.80 Å². The summed E-state index contributed by atoms with van der Waals surface area (Å²) in [6.07, 6.45) is 2.54. The summed E-state index contributed by atoms with van der Waals surface area (Å²) < 4.78 is 5.56. The first-order valence-corrected chi connectivity index (χ1v) is 11.3. The molecule has 1 N–H and O–H groups in total. The fourth-order valence-corrected chi connectivity index (χ4v) is 4.85. The number of carbonyl (C=O) groups is 1. The third-order valence-corrected chi connectivity index (χ3v) is 6.42. The van der Waals surface area contributed by atoms with Crippen molar-refractivity contribution >= 4 is 17.3 Å². The Morgan fingerprint density at radius 3 is 2.48 bits per heavy atom. The Morgan fingerprint density at radius 1 is 1.03 bits per heavy atom. The van der Waals surface area contributed by atoms with Crippen LogP contribution in [-0.2, 0) is 11.3 Å². The zero-order chi connectivity index (χ0) is 21.6. The minimum absolute atomic E-state index is 0.0302. The molecule has 1 atom stereocenters. The zero-order valence-electron chi connectivity index (χ0n) is 18.7. The summed E-state index contributed by atoms with van der Waals surface area (Å²) in [6, 6.07) is 17.2. The second-order valence-electron chi connectivity index (χ2n) is 8.60. The average Bonchev–Trinajstić information content (AvgIpc) is 2.80. The molecule has 0 saturated carbocycles. The molecule has 0 spiro atoms. The van der Waals surface area contributed by atoms with Crippen molar-refractivity contribution in [2.75, 3.05) is 56.6 Å². The number of hydrogen-bond donors (Lipinski definition) is 1. The molecule has 31 heavy (non-hydrogen) atoms. The van der Waals surface area contributed by atoms with E-state index in [2.05, 4.69) is 44.3 Å². The molecule has 166 valence electrons. The van der Waals surface area contributed by atoms with Crippen molar-refractivity contribution in [3.63, 3.8) is 0 Å². The second kappa shape index (κ2) is 10.2. The standard InChI is InChI=1S/C25H34N4O2/c1-20(30)26-22-11-9-21(10-12-22)18-27-13-5-6-23(19-27)28-14-16-29(17-15-28)24-7-3-4-8-25(24)31-2/h3-4,7-12,23H,5-6,13-19H2,1-2H3,(H,26,30)/t23-/m1/s1. The molecule has 4 rings (SSSR count). The van der Waals surface area contributed by atoms with Crippen LogP contribution in [0.4, 0.5) is 11.4 Å². The summed E-state index contributed by atoms with van der Waals surface area (Å²) >= 11 is 0. The number of nitrogens with one attached hydrogen (secondary N) is 1. The molecule has 6 nitrogen and oxygen atoms in total. The van der Waals surface area contributed by atoms with Crippen LogP contribution in [0, 0.1) is 0 Å². The molecule has 0 radical (unpaired) electrons. The summed E-state index contributed by atoms with van der Waals surface area (Å²) in [5.74, 6) is 0.932. The van der Waals surface area contributed by atoms with Crippen LogP contribution >= 0.6 is 0 Å². The molecule has 1 amide bonds. The van der Waals surface area contributed by atoms with Crippen molar-refractivity contribution in [2.45, 2.75) is 32.4 Å². The first kappa shape index (κ1) is 21.7. The van der Waals surface area contributed by atoms with E-state index in [1.54, 1.807) is 7.11 Å². The van der Waals surface area contributed by atoms with E-state index in [0.717, 1.165) is 57.3 Å². The van der Waals surface area contributed by atoms with E-state index in [9.17, 15) is 4.79 Å². The number of amides is 1. The Balaban J connectivity index is 1.29. The van der Waals surface area contributed by atoms with Gasteiger partial charge in [-0.1, -0.05) is 24.3 Å². The lowest BCUT2D eigenvalue weighted by molar-refractivity contribution is -0.114. The fraction of sp³-hybridized carbons (Fsp3) is 0.480. The Bertz CT molecular complexity index is 862. The number of piperidine rings is 1. The number of hydrogen-bond acceptors (Lipinski definition) is 5. The van der Waals surface area contributed by atoms with Gasteiger partial charge in [-0.2, -0.15) is 0 Å². The van der Waals surface area contributed by atoms with E-state index in [1.807, 2.05) is 24.3 Å². The second-order valence-corrected chi connectivity index (χ2v) is 8.60. The van der Waals surface area contributed by atoms with E-state index < -0.39 is 0 Å². The number of ether oxygens (including phenoxy) is 1. The predicted octanol–water partition coefficient (Wildman–Crippen LogP) is 3.44. The Hall–Kier alpha value is -2.57. The van der Waals surface area contributed by atoms with Gasteiger partial charge in [-0.05, 0) is 49.2 Å². The van der Waals surface area contributed by atoms with Crippen LogP contribution in [-0.4, -0.2) is 68.1 Å². The highest BCUT2D eigenvalue weighted by Gasteiger charge is 2.28. The largest absolute Gasteiger partial charge is 0.495 e. The van der Waals surface area contributed by atoms with Crippen molar-refractivity contribution in [1.29, 1.82) is 0 Å². The van der Waals surface area contributed by atoms with Gasteiger partial charge >= 0.3 is 0 Å². The molecule has 2 fully saturated rings.